The number of nitrogens with two attached hydrogens (primary N) is 1. The van der Waals surface area contributed by atoms with E-state index in [9.17, 15) is 18.3 Å². The number of hydrogen-bond donors (Lipinski definition) is 3. The lowest BCUT2D eigenvalue weighted by atomic mass is 9.97. The van der Waals surface area contributed by atoms with Gasteiger partial charge in [-0.2, -0.15) is 4.31 Å². The van der Waals surface area contributed by atoms with E-state index in [1.54, 1.807) is 12.1 Å². The molecule has 4 N–H and O–H groups in total. The number of benzene rings is 2. The number of nitrogens with one attached hydrogen (secondary N) is 1. The molecule has 0 aliphatic heterocycles. The predicted molar refractivity (Wildman–Crippen MR) is 142 cm³/mol. The van der Waals surface area contributed by atoms with Crippen molar-refractivity contribution in [3.8, 4) is 5.75 Å². The van der Waals surface area contributed by atoms with Crippen LogP contribution in [-0.2, 0) is 21.2 Å². The van der Waals surface area contributed by atoms with E-state index in [0.717, 1.165) is 18.4 Å². The zero-order chi connectivity index (χ0) is 26.7. The lowest BCUT2D eigenvalue weighted by Gasteiger charge is -2.31. The Morgan fingerprint density at radius 2 is 1.75 bits per heavy atom. The maximum Gasteiger partial charge on any atom is 0.243 e. The third-order valence-electron chi connectivity index (χ3n) is 6.50. The van der Waals surface area contributed by atoms with E-state index < -0.39 is 28.2 Å². The van der Waals surface area contributed by atoms with Gasteiger partial charge in [-0.1, -0.05) is 63.9 Å². The Hall–Kier alpha value is -2.46. The SMILES string of the molecule is CCCCN(C[C@@H](O)[C@H](Cc1ccccc1)NC(=O)[C@@H](N)[C@@H](C)CC)S(=O)(=O)c1ccc(OC)cc1. The minimum absolute atomic E-state index is 0.0315. The molecule has 0 aliphatic rings. The zero-order valence-electron chi connectivity index (χ0n) is 21.8. The average molecular weight is 520 g/mol. The summed E-state index contributed by atoms with van der Waals surface area (Å²) in [5.74, 6) is 0.163. The van der Waals surface area contributed by atoms with Crippen LogP contribution in [0.3, 0.4) is 0 Å². The molecular formula is C27H41N3O5S. The van der Waals surface area contributed by atoms with Gasteiger partial charge in [0.1, 0.15) is 5.75 Å². The standard InChI is InChI=1S/C27H41N3O5S/c1-5-7-17-30(36(33,34)23-15-13-22(35-4)14-16-23)19-25(31)24(18-21-11-9-8-10-12-21)29-27(32)26(28)20(3)6-2/h8-16,20,24-26,31H,5-7,17-19,28H2,1-4H3,(H,29,32)/t20-,24-,25+,26-/m0/s1. The number of nitrogens with zero attached hydrogens (tertiary/aromatic N) is 1. The molecule has 0 saturated heterocycles. The molecule has 36 heavy (non-hydrogen) atoms. The van der Waals surface area contributed by atoms with Crippen LogP contribution >= 0.6 is 0 Å². The van der Waals surface area contributed by atoms with Crippen molar-refractivity contribution in [2.75, 3.05) is 20.2 Å². The summed E-state index contributed by atoms with van der Waals surface area (Å²) in [6, 6.07) is 14.2. The zero-order valence-corrected chi connectivity index (χ0v) is 22.6. The molecular weight excluding hydrogens is 478 g/mol. The summed E-state index contributed by atoms with van der Waals surface area (Å²) >= 11 is 0. The molecule has 4 atom stereocenters. The van der Waals surface area contributed by atoms with Gasteiger partial charge in [-0.15, -0.1) is 0 Å². The van der Waals surface area contributed by atoms with Crippen molar-refractivity contribution < 1.29 is 23.1 Å². The average Bonchev–Trinajstić information content (AvgIpc) is 2.89. The van der Waals surface area contributed by atoms with Crippen LogP contribution in [0.4, 0.5) is 0 Å². The van der Waals surface area contributed by atoms with E-state index in [-0.39, 0.29) is 29.8 Å². The van der Waals surface area contributed by atoms with Gasteiger partial charge in [0.15, 0.2) is 0 Å². The first kappa shape index (κ1) is 29.8. The van der Waals surface area contributed by atoms with Crippen LogP contribution in [0.2, 0.25) is 0 Å². The fraction of sp³-hybridized carbons (Fsp3) is 0.519. The first-order chi connectivity index (χ1) is 17.1. The second kappa shape index (κ2) is 14.3. The van der Waals surface area contributed by atoms with E-state index in [4.69, 9.17) is 10.5 Å². The second-order valence-electron chi connectivity index (χ2n) is 9.18. The fourth-order valence-corrected chi connectivity index (χ4v) is 5.32. The Balaban J connectivity index is 2.31. The number of aliphatic hydroxyl groups is 1. The van der Waals surface area contributed by atoms with Crippen molar-refractivity contribution in [2.45, 2.75) is 69.5 Å². The highest BCUT2D eigenvalue weighted by molar-refractivity contribution is 7.89. The molecule has 9 heteroatoms. The highest BCUT2D eigenvalue weighted by Gasteiger charge is 2.32. The molecule has 200 valence electrons. The van der Waals surface area contributed by atoms with Crippen LogP contribution in [0.25, 0.3) is 0 Å². The maximum atomic E-state index is 13.5. The summed E-state index contributed by atoms with van der Waals surface area (Å²) in [6.07, 6.45) is 1.36. The lowest BCUT2D eigenvalue weighted by molar-refractivity contribution is -0.125. The van der Waals surface area contributed by atoms with Crippen molar-refractivity contribution in [1.82, 2.24) is 9.62 Å². The van der Waals surface area contributed by atoms with Crippen molar-refractivity contribution in [3.63, 3.8) is 0 Å². The first-order valence-electron chi connectivity index (χ1n) is 12.6. The summed E-state index contributed by atoms with van der Waals surface area (Å²) in [4.78, 5) is 13.0. The maximum absolute atomic E-state index is 13.5. The van der Waals surface area contributed by atoms with E-state index in [1.165, 1.54) is 23.5 Å². The quantitative estimate of drug-likeness (QED) is 0.333. The Labute approximate surface area is 215 Å². The van der Waals surface area contributed by atoms with Crippen molar-refractivity contribution in [1.29, 1.82) is 0 Å². The predicted octanol–water partition coefficient (Wildman–Crippen LogP) is 2.95. The van der Waals surface area contributed by atoms with Gasteiger partial charge in [0.05, 0.1) is 30.2 Å². The number of unbranched alkanes of at least 4 members (excludes halogenated alkanes) is 1. The Bertz CT molecular complexity index is 1030. The first-order valence-corrected chi connectivity index (χ1v) is 14.0. The molecule has 2 aromatic carbocycles. The Kier molecular flexibility index (Phi) is 11.8. The number of ether oxygens (including phenoxy) is 1. The Morgan fingerprint density at radius 1 is 1.11 bits per heavy atom. The number of hydrogen-bond acceptors (Lipinski definition) is 6. The van der Waals surface area contributed by atoms with Gasteiger partial charge in [-0.3, -0.25) is 4.79 Å². The monoisotopic (exact) mass is 519 g/mol. The number of carbonyl (C=O) groups excluding carboxylic acids is 1. The molecule has 0 fully saturated rings. The number of methoxy groups -OCH3 is 1. The van der Waals surface area contributed by atoms with Gasteiger partial charge >= 0.3 is 0 Å². The number of sulfonamides is 1. The Morgan fingerprint density at radius 3 is 2.31 bits per heavy atom. The van der Waals surface area contributed by atoms with Crippen molar-refractivity contribution >= 4 is 15.9 Å². The summed E-state index contributed by atoms with van der Waals surface area (Å²) < 4.78 is 33.4. The van der Waals surface area contributed by atoms with E-state index in [0.29, 0.717) is 18.6 Å². The van der Waals surface area contributed by atoms with Gasteiger partial charge in [0.2, 0.25) is 15.9 Å². The summed E-state index contributed by atoms with van der Waals surface area (Å²) in [7, 11) is -2.37. The summed E-state index contributed by atoms with van der Waals surface area (Å²) in [5.41, 5.74) is 7.05. The molecule has 2 rings (SSSR count). The van der Waals surface area contributed by atoms with Gasteiger partial charge in [-0.25, -0.2) is 8.42 Å². The lowest BCUT2D eigenvalue weighted by Crippen LogP contribution is -2.55. The molecule has 0 aliphatic carbocycles. The van der Waals surface area contributed by atoms with Crippen LogP contribution in [0.15, 0.2) is 59.5 Å². The summed E-state index contributed by atoms with van der Waals surface area (Å²) in [5, 5.41) is 14.2. The molecule has 0 saturated carbocycles. The molecule has 0 spiro atoms. The van der Waals surface area contributed by atoms with E-state index in [2.05, 4.69) is 5.32 Å². The van der Waals surface area contributed by atoms with Crippen molar-refractivity contribution in [3.05, 3.63) is 60.2 Å². The van der Waals surface area contributed by atoms with Gasteiger partial charge in [0.25, 0.3) is 0 Å². The van der Waals surface area contributed by atoms with Crippen LogP contribution in [0, 0.1) is 5.92 Å². The molecule has 2 aromatic rings. The number of aliphatic hydroxyl groups excluding tert-OH is 1. The number of amides is 1. The highest BCUT2D eigenvalue weighted by Crippen LogP contribution is 2.21. The molecule has 8 nitrogen and oxygen atoms in total. The fourth-order valence-electron chi connectivity index (χ4n) is 3.82. The number of rotatable bonds is 15. The van der Waals surface area contributed by atoms with E-state index in [1.807, 2.05) is 51.1 Å². The van der Waals surface area contributed by atoms with Gasteiger partial charge < -0.3 is 20.9 Å². The van der Waals surface area contributed by atoms with Crippen LogP contribution < -0.4 is 15.8 Å². The third-order valence-corrected chi connectivity index (χ3v) is 8.38. The smallest absolute Gasteiger partial charge is 0.243 e. The molecule has 0 radical (unpaired) electrons. The highest BCUT2D eigenvalue weighted by atomic mass is 32.2. The largest absolute Gasteiger partial charge is 0.497 e. The molecule has 1 amide bonds. The van der Waals surface area contributed by atoms with Crippen LogP contribution in [0.5, 0.6) is 5.75 Å². The third kappa shape index (κ3) is 8.30. The van der Waals surface area contributed by atoms with Gasteiger partial charge in [0, 0.05) is 13.1 Å². The minimum atomic E-state index is -3.88. The topological polar surface area (TPSA) is 122 Å². The van der Waals surface area contributed by atoms with Gasteiger partial charge in [-0.05, 0) is 48.6 Å². The van der Waals surface area contributed by atoms with Crippen LogP contribution in [-0.4, -0.2) is 62.1 Å². The minimum Gasteiger partial charge on any atom is -0.497 e. The second-order valence-corrected chi connectivity index (χ2v) is 11.1. The molecule has 0 bridgehead atoms. The number of carbonyl (C=O) groups is 1. The van der Waals surface area contributed by atoms with E-state index >= 15 is 0 Å². The normalized spacial score (nSPS) is 15.2. The molecule has 0 heterocycles. The summed E-state index contributed by atoms with van der Waals surface area (Å²) in [6.45, 7) is 5.93. The van der Waals surface area contributed by atoms with Crippen molar-refractivity contribution in [2.24, 2.45) is 11.7 Å². The van der Waals surface area contributed by atoms with Crippen LogP contribution in [0.1, 0.15) is 45.6 Å². The molecule has 0 unspecified atom stereocenters. The molecule has 0 aromatic heterocycles.